The number of nitrogens with zero attached hydrogens (tertiary/aromatic N) is 3. The van der Waals surface area contributed by atoms with Gasteiger partial charge in [-0.15, -0.1) is 0 Å². The Morgan fingerprint density at radius 3 is 2.50 bits per heavy atom. The molecule has 1 aromatic rings. The van der Waals surface area contributed by atoms with Crippen LogP contribution in [0.5, 0.6) is 5.75 Å². The Kier molecular flexibility index (Phi) is 14.1. The molecule has 2 aliphatic rings. The number of piperazine rings is 1. The number of likely N-dealkylation sites (N-methyl/N-ethyl adjacent to an activating group) is 1. The highest BCUT2D eigenvalue weighted by Crippen LogP contribution is 2.32. The van der Waals surface area contributed by atoms with Gasteiger partial charge in [0.05, 0.1) is 13.2 Å². The van der Waals surface area contributed by atoms with Crippen LogP contribution in [0.4, 0.5) is 4.79 Å². The van der Waals surface area contributed by atoms with Gasteiger partial charge < -0.3 is 39.4 Å². The molecule has 2 heterocycles. The Balaban J connectivity index is 0.00000247. The van der Waals surface area contributed by atoms with Crippen LogP contribution in [0.2, 0.25) is 0 Å². The van der Waals surface area contributed by atoms with Gasteiger partial charge in [-0.3, -0.25) is 0 Å². The lowest BCUT2D eigenvalue weighted by molar-refractivity contribution is -0.107. The average molecular weight is 549 g/mol. The second-order valence-corrected chi connectivity index (χ2v) is 9.69. The smallest absolute Gasteiger partial charge is 0.410 e. The Morgan fingerprint density at radius 1 is 1.11 bits per heavy atom. The van der Waals surface area contributed by atoms with Crippen LogP contribution in [-0.2, 0) is 28.9 Å². The molecular formula is C28H44N4O5S. The summed E-state index contributed by atoms with van der Waals surface area (Å²) in [5.41, 5.74) is 4.33. The molecule has 1 amide bonds. The number of ether oxygens (including phenoxy) is 2. The molecule has 212 valence electrons. The van der Waals surface area contributed by atoms with E-state index in [1.54, 1.807) is 4.90 Å². The molecule has 38 heavy (non-hydrogen) atoms. The Hall–Kier alpha value is -2.69. The highest BCUT2D eigenvalue weighted by molar-refractivity contribution is 7.80. The number of fused-ring (bicyclic) bond motifs is 1. The van der Waals surface area contributed by atoms with Crippen LogP contribution in [0.1, 0.15) is 49.8 Å². The van der Waals surface area contributed by atoms with Crippen molar-refractivity contribution in [2.45, 2.75) is 52.5 Å². The van der Waals surface area contributed by atoms with E-state index < -0.39 is 0 Å². The summed E-state index contributed by atoms with van der Waals surface area (Å²) in [6.45, 7) is 9.87. The molecule has 0 spiro atoms. The largest absolute Gasteiger partial charge is 0.493 e. The van der Waals surface area contributed by atoms with E-state index in [2.05, 4.69) is 22.2 Å². The van der Waals surface area contributed by atoms with E-state index >= 15 is 0 Å². The van der Waals surface area contributed by atoms with Gasteiger partial charge in [-0.1, -0.05) is 19.1 Å². The summed E-state index contributed by atoms with van der Waals surface area (Å²) in [6, 6.07) is 4.03. The summed E-state index contributed by atoms with van der Waals surface area (Å²) < 4.78 is 11.6. The number of aryl methyl sites for hydroxylation is 1. The quantitative estimate of drug-likeness (QED) is 0.338. The zero-order valence-electron chi connectivity index (χ0n) is 23.3. The molecule has 1 aromatic carbocycles. The van der Waals surface area contributed by atoms with Crippen molar-refractivity contribution in [3.63, 3.8) is 0 Å². The SMILES string of the molecule is C/C=C(\CCOc1ccc(CCC=O)c2c1CCN(C(=O)OCCC)C2)NC(=S)N1CCN(C)CC1.CO. The van der Waals surface area contributed by atoms with Crippen LogP contribution < -0.4 is 10.1 Å². The molecule has 3 rings (SSSR count). The Labute approximate surface area is 232 Å². The number of amides is 1. The number of hydrogen-bond acceptors (Lipinski definition) is 7. The highest BCUT2D eigenvalue weighted by atomic mass is 32.1. The lowest BCUT2D eigenvalue weighted by atomic mass is 9.92. The highest BCUT2D eigenvalue weighted by Gasteiger charge is 2.26. The number of thiocarbonyl (C=S) groups is 1. The number of benzene rings is 1. The summed E-state index contributed by atoms with van der Waals surface area (Å²) >= 11 is 5.63. The van der Waals surface area contributed by atoms with Gasteiger partial charge in [0.25, 0.3) is 0 Å². The number of aliphatic hydroxyl groups excluding tert-OH is 1. The van der Waals surface area contributed by atoms with Crippen LogP contribution in [0, 0.1) is 0 Å². The molecule has 2 N–H and O–H groups in total. The van der Waals surface area contributed by atoms with Crippen molar-refractivity contribution in [3.8, 4) is 5.75 Å². The normalized spacial score (nSPS) is 15.7. The third-order valence-electron chi connectivity index (χ3n) is 6.72. The second-order valence-electron chi connectivity index (χ2n) is 9.30. The average Bonchev–Trinajstić information content (AvgIpc) is 2.95. The maximum Gasteiger partial charge on any atom is 0.410 e. The van der Waals surface area contributed by atoms with Crippen LogP contribution in [0.15, 0.2) is 23.9 Å². The van der Waals surface area contributed by atoms with E-state index in [-0.39, 0.29) is 6.09 Å². The van der Waals surface area contributed by atoms with Crippen LogP contribution in [0.3, 0.4) is 0 Å². The van der Waals surface area contributed by atoms with Gasteiger partial charge in [-0.2, -0.15) is 0 Å². The number of aldehydes is 1. The Bertz CT molecular complexity index is 947. The fraction of sp³-hybridized carbons (Fsp3) is 0.607. The molecule has 9 nitrogen and oxygen atoms in total. The summed E-state index contributed by atoms with van der Waals surface area (Å²) in [7, 11) is 3.13. The maximum atomic E-state index is 12.5. The molecule has 0 radical (unpaired) electrons. The first-order valence-corrected chi connectivity index (χ1v) is 13.8. The first-order chi connectivity index (χ1) is 18.5. The van der Waals surface area contributed by atoms with E-state index in [0.717, 1.165) is 79.2 Å². The lowest BCUT2D eigenvalue weighted by Gasteiger charge is -2.34. The first-order valence-electron chi connectivity index (χ1n) is 13.4. The number of hydrogen-bond donors (Lipinski definition) is 2. The minimum atomic E-state index is -0.282. The molecule has 0 unspecified atom stereocenters. The number of carbonyl (C=O) groups excluding carboxylic acids is 2. The first kappa shape index (κ1) is 31.5. The molecule has 0 atom stereocenters. The molecule has 0 saturated carbocycles. The number of allylic oxidation sites excluding steroid dienone is 1. The van der Waals surface area contributed by atoms with Crippen molar-refractivity contribution in [1.82, 2.24) is 20.0 Å². The van der Waals surface area contributed by atoms with Gasteiger partial charge in [0.1, 0.15) is 12.0 Å². The fourth-order valence-corrected chi connectivity index (χ4v) is 4.82. The standard InChI is InChI=1S/C27H40N4O4S.CH4O/c1-4-18-35-27(33)31-12-10-23-24(20-31)21(7-6-17-32)8-9-25(23)34-19-11-22(5-2)28-26(36)30-15-13-29(3)14-16-30;1-2/h5,8-9,17H,4,6-7,10-16,18-20H2,1-3H3,(H,28,36);2H,1H3/b22-5+;. The van der Waals surface area contributed by atoms with Gasteiger partial charge in [-0.05, 0) is 62.6 Å². The predicted octanol–water partition coefficient (Wildman–Crippen LogP) is 3.13. The molecule has 0 aliphatic carbocycles. The van der Waals surface area contributed by atoms with Crippen molar-refractivity contribution < 1.29 is 24.2 Å². The summed E-state index contributed by atoms with van der Waals surface area (Å²) in [5, 5.41) is 11.2. The fourth-order valence-electron chi connectivity index (χ4n) is 4.50. The van der Waals surface area contributed by atoms with E-state index in [1.807, 2.05) is 32.1 Å². The maximum absolute atomic E-state index is 12.5. The van der Waals surface area contributed by atoms with Crippen molar-refractivity contribution in [2.24, 2.45) is 0 Å². The monoisotopic (exact) mass is 548 g/mol. The number of aliphatic hydroxyl groups is 1. The van der Waals surface area contributed by atoms with Crippen molar-refractivity contribution in [1.29, 1.82) is 0 Å². The lowest BCUT2D eigenvalue weighted by Crippen LogP contribution is -2.50. The van der Waals surface area contributed by atoms with Gasteiger partial charge in [0, 0.05) is 70.5 Å². The summed E-state index contributed by atoms with van der Waals surface area (Å²) in [4.78, 5) is 29.7. The van der Waals surface area contributed by atoms with E-state index in [9.17, 15) is 9.59 Å². The molecule has 10 heteroatoms. The van der Waals surface area contributed by atoms with E-state index in [1.165, 1.54) is 0 Å². The Morgan fingerprint density at radius 2 is 1.84 bits per heavy atom. The minimum absolute atomic E-state index is 0.282. The topological polar surface area (TPSA) is 94.6 Å². The third-order valence-corrected chi connectivity index (χ3v) is 7.08. The van der Waals surface area contributed by atoms with Gasteiger partial charge in [-0.25, -0.2) is 4.79 Å². The third kappa shape index (κ3) is 9.25. The number of rotatable bonds is 10. The van der Waals surface area contributed by atoms with Crippen molar-refractivity contribution in [2.75, 3.05) is 60.1 Å². The van der Waals surface area contributed by atoms with E-state index in [4.69, 9.17) is 26.8 Å². The molecule has 1 saturated heterocycles. The van der Waals surface area contributed by atoms with Gasteiger partial charge in [0.2, 0.25) is 0 Å². The summed E-state index contributed by atoms with van der Waals surface area (Å²) in [5.74, 6) is 0.846. The minimum Gasteiger partial charge on any atom is -0.493 e. The number of carbonyl (C=O) groups is 2. The molecule has 0 aromatic heterocycles. The molecule has 1 fully saturated rings. The zero-order valence-corrected chi connectivity index (χ0v) is 24.1. The van der Waals surface area contributed by atoms with Gasteiger partial charge >= 0.3 is 6.09 Å². The molecule has 2 aliphatic heterocycles. The van der Waals surface area contributed by atoms with Crippen LogP contribution >= 0.6 is 12.2 Å². The predicted molar refractivity (Wildman–Crippen MR) is 153 cm³/mol. The van der Waals surface area contributed by atoms with Crippen LogP contribution in [-0.4, -0.2) is 97.4 Å². The second kappa shape index (κ2) is 17.0. The van der Waals surface area contributed by atoms with Crippen molar-refractivity contribution >= 4 is 29.7 Å². The summed E-state index contributed by atoms with van der Waals surface area (Å²) in [6.07, 6.45) is 6.01. The van der Waals surface area contributed by atoms with Gasteiger partial charge in [0.15, 0.2) is 5.11 Å². The van der Waals surface area contributed by atoms with Crippen LogP contribution in [0.25, 0.3) is 0 Å². The van der Waals surface area contributed by atoms with E-state index in [0.29, 0.717) is 52.0 Å². The van der Waals surface area contributed by atoms with Crippen molar-refractivity contribution in [3.05, 3.63) is 40.6 Å². The number of nitrogens with one attached hydrogen (secondary N) is 1. The molecular weight excluding hydrogens is 504 g/mol. The molecule has 0 bridgehead atoms. The zero-order chi connectivity index (χ0) is 27.9.